The number of aromatic hydroxyl groups is 1. The fourth-order valence-corrected chi connectivity index (χ4v) is 3.31. The average molecular weight is 313 g/mol. The van der Waals surface area contributed by atoms with Crippen molar-refractivity contribution in [2.75, 3.05) is 7.05 Å². The summed E-state index contributed by atoms with van der Waals surface area (Å²) in [5.74, 6) is 0.0905. The summed E-state index contributed by atoms with van der Waals surface area (Å²) < 4.78 is 25.9. The maximum Gasteiger partial charge on any atom is 0.246 e. The van der Waals surface area contributed by atoms with Crippen molar-refractivity contribution in [3.05, 3.63) is 53.3 Å². The second kappa shape index (κ2) is 5.78. The van der Waals surface area contributed by atoms with Crippen LogP contribution in [0, 0.1) is 0 Å². The molecule has 0 radical (unpaired) electrons. The van der Waals surface area contributed by atoms with Crippen molar-refractivity contribution >= 4 is 21.6 Å². The van der Waals surface area contributed by atoms with Crippen molar-refractivity contribution in [1.82, 2.24) is 9.29 Å². The van der Waals surface area contributed by atoms with E-state index in [1.165, 1.54) is 37.5 Å². The van der Waals surface area contributed by atoms with Crippen molar-refractivity contribution in [2.24, 2.45) is 0 Å². The number of aromatic nitrogens is 1. The van der Waals surface area contributed by atoms with E-state index in [0.717, 1.165) is 4.31 Å². The van der Waals surface area contributed by atoms with E-state index in [2.05, 4.69) is 4.98 Å². The van der Waals surface area contributed by atoms with Crippen LogP contribution in [0.3, 0.4) is 0 Å². The number of pyridine rings is 1. The Labute approximate surface area is 122 Å². The molecule has 2 rings (SSSR count). The fourth-order valence-electron chi connectivity index (χ4n) is 1.73. The molecular weight excluding hydrogens is 300 g/mol. The van der Waals surface area contributed by atoms with Crippen LogP contribution < -0.4 is 0 Å². The van der Waals surface area contributed by atoms with E-state index < -0.39 is 10.0 Å². The van der Waals surface area contributed by atoms with Gasteiger partial charge in [-0.05, 0) is 29.8 Å². The van der Waals surface area contributed by atoms with E-state index in [0.29, 0.717) is 5.56 Å². The van der Waals surface area contributed by atoms with Gasteiger partial charge in [0.15, 0.2) is 0 Å². The highest BCUT2D eigenvalue weighted by Gasteiger charge is 2.24. The lowest BCUT2D eigenvalue weighted by molar-refractivity contribution is 0.458. The van der Waals surface area contributed by atoms with E-state index in [-0.39, 0.29) is 22.3 Å². The van der Waals surface area contributed by atoms with Crippen LogP contribution in [0.5, 0.6) is 5.75 Å². The number of phenols is 1. The molecule has 1 N–H and O–H groups in total. The summed E-state index contributed by atoms with van der Waals surface area (Å²) in [5.41, 5.74) is 0.677. The van der Waals surface area contributed by atoms with Crippen LogP contribution in [-0.2, 0) is 16.6 Å². The van der Waals surface area contributed by atoms with Gasteiger partial charge in [-0.15, -0.1) is 0 Å². The molecule has 0 saturated carbocycles. The lowest BCUT2D eigenvalue weighted by atomic mass is 10.2. The summed E-state index contributed by atoms with van der Waals surface area (Å²) in [6.07, 6.45) is 1.43. The van der Waals surface area contributed by atoms with Crippen LogP contribution in [0.25, 0.3) is 0 Å². The Kier molecular flexibility index (Phi) is 4.27. The van der Waals surface area contributed by atoms with Crippen LogP contribution in [0.1, 0.15) is 5.56 Å². The monoisotopic (exact) mass is 312 g/mol. The Balaban J connectivity index is 2.29. The number of benzene rings is 1. The predicted octanol–water partition coefficient (Wildman–Crippen LogP) is 2.26. The number of phenolic OH excluding ortho intramolecular Hbond substituents is 1. The number of halogens is 1. The number of sulfonamides is 1. The van der Waals surface area contributed by atoms with Gasteiger partial charge >= 0.3 is 0 Å². The minimum absolute atomic E-state index is 0.0377. The van der Waals surface area contributed by atoms with Gasteiger partial charge in [0.25, 0.3) is 0 Å². The molecule has 0 amide bonds. The van der Waals surface area contributed by atoms with Gasteiger partial charge in [0, 0.05) is 19.8 Å². The van der Waals surface area contributed by atoms with Gasteiger partial charge in [0.2, 0.25) is 10.0 Å². The molecule has 0 aliphatic heterocycles. The molecule has 1 aromatic carbocycles. The Morgan fingerprint density at radius 1 is 1.30 bits per heavy atom. The van der Waals surface area contributed by atoms with E-state index in [4.69, 9.17) is 11.6 Å². The van der Waals surface area contributed by atoms with Gasteiger partial charge in [-0.1, -0.05) is 23.7 Å². The maximum atomic E-state index is 12.4. The molecule has 0 aliphatic rings. The van der Waals surface area contributed by atoms with Crippen molar-refractivity contribution in [3.8, 4) is 5.75 Å². The molecule has 0 bridgehead atoms. The fraction of sp³-hybridized carbons (Fsp3) is 0.154. The Hall–Kier alpha value is -1.63. The highest BCUT2D eigenvalue weighted by molar-refractivity contribution is 7.89. The highest BCUT2D eigenvalue weighted by Crippen LogP contribution is 2.23. The maximum absolute atomic E-state index is 12.4. The van der Waals surface area contributed by atoms with Crippen LogP contribution in [-0.4, -0.2) is 29.9 Å². The molecule has 0 saturated heterocycles. The number of nitrogens with zero attached hydrogens (tertiary/aromatic N) is 2. The molecule has 0 unspecified atom stereocenters. The quantitative estimate of drug-likeness (QED) is 0.879. The summed E-state index contributed by atoms with van der Waals surface area (Å²) >= 11 is 5.82. The molecule has 1 aromatic heterocycles. The minimum atomic E-state index is -3.72. The summed E-state index contributed by atoms with van der Waals surface area (Å²) in [4.78, 5) is 3.73. The normalized spacial score (nSPS) is 11.8. The first-order chi connectivity index (χ1) is 9.41. The Morgan fingerprint density at radius 3 is 2.70 bits per heavy atom. The topological polar surface area (TPSA) is 70.5 Å². The zero-order valence-corrected chi connectivity index (χ0v) is 12.3. The van der Waals surface area contributed by atoms with Gasteiger partial charge in [-0.3, -0.25) is 0 Å². The second-order valence-electron chi connectivity index (χ2n) is 4.22. The van der Waals surface area contributed by atoms with E-state index >= 15 is 0 Å². The van der Waals surface area contributed by atoms with Crippen molar-refractivity contribution in [2.45, 2.75) is 11.4 Å². The first-order valence-corrected chi connectivity index (χ1v) is 7.58. The van der Waals surface area contributed by atoms with E-state index in [9.17, 15) is 13.5 Å². The first-order valence-electron chi connectivity index (χ1n) is 5.76. The van der Waals surface area contributed by atoms with Gasteiger partial charge in [0.05, 0.1) is 0 Å². The van der Waals surface area contributed by atoms with Crippen molar-refractivity contribution < 1.29 is 13.5 Å². The third kappa shape index (κ3) is 3.09. The number of rotatable bonds is 4. The first kappa shape index (κ1) is 14.8. The molecule has 2 aromatic rings. The zero-order chi connectivity index (χ0) is 14.8. The van der Waals surface area contributed by atoms with Gasteiger partial charge < -0.3 is 5.11 Å². The number of hydrogen-bond donors (Lipinski definition) is 1. The third-order valence-corrected chi connectivity index (χ3v) is 4.98. The van der Waals surface area contributed by atoms with Gasteiger partial charge in [0.1, 0.15) is 15.8 Å². The zero-order valence-electron chi connectivity index (χ0n) is 10.7. The lowest BCUT2D eigenvalue weighted by Gasteiger charge is -2.17. The summed E-state index contributed by atoms with van der Waals surface area (Å²) in [6, 6.07) is 9.34. The average Bonchev–Trinajstić information content (AvgIpc) is 2.39. The Bertz CT molecular complexity index is 719. The molecular formula is C13H13ClN2O3S. The largest absolute Gasteiger partial charge is 0.508 e. The smallest absolute Gasteiger partial charge is 0.246 e. The van der Waals surface area contributed by atoms with E-state index in [1.807, 2.05) is 0 Å². The molecule has 20 heavy (non-hydrogen) atoms. The van der Waals surface area contributed by atoms with Crippen molar-refractivity contribution in [1.29, 1.82) is 0 Å². The minimum Gasteiger partial charge on any atom is -0.508 e. The molecule has 7 heteroatoms. The molecule has 1 heterocycles. The summed E-state index contributed by atoms with van der Waals surface area (Å²) in [7, 11) is -2.28. The summed E-state index contributed by atoms with van der Waals surface area (Å²) in [5, 5.41) is 9.33. The standard InChI is InChI=1S/C13H13ClN2O3S/c1-16(9-10-4-2-5-11(17)8-10)20(18,19)12-6-3-7-15-13(12)14/h2-8,17H,9H2,1H3. The molecule has 106 valence electrons. The third-order valence-electron chi connectivity index (χ3n) is 2.73. The van der Waals surface area contributed by atoms with E-state index in [1.54, 1.807) is 12.1 Å². The van der Waals surface area contributed by atoms with Crippen LogP contribution in [0.4, 0.5) is 0 Å². The van der Waals surface area contributed by atoms with Crippen molar-refractivity contribution in [3.63, 3.8) is 0 Å². The molecule has 0 aliphatic carbocycles. The molecule has 5 nitrogen and oxygen atoms in total. The second-order valence-corrected chi connectivity index (χ2v) is 6.59. The molecule has 0 spiro atoms. The SMILES string of the molecule is CN(Cc1cccc(O)c1)S(=O)(=O)c1cccnc1Cl. The van der Waals surface area contributed by atoms with Crippen LogP contribution in [0.2, 0.25) is 5.15 Å². The predicted molar refractivity (Wildman–Crippen MR) is 76.0 cm³/mol. The summed E-state index contributed by atoms with van der Waals surface area (Å²) in [6.45, 7) is 0.127. The van der Waals surface area contributed by atoms with Crippen LogP contribution >= 0.6 is 11.6 Å². The highest BCUT2D eigenvalue weighted by atomic mass is 35.5. The lowest BCUT2D eigenvalue weighted by Crippen LogP contribution is -2.26. The molecule has 0 atom stereocenters. The number of hydrogen-bond acceptors (Lipinski definition) is 4. The Morgan fingerprint density at radius 2 is 2.05 bits per heavy atom. The van der Waals surface area contributed by atoms with Crippen LogP contribution in [0.15, 0.2) is 47.5 Å². The van der Waals surface area contributed by atoms with Gasteiger partial charge in [-0.2, -0.15) is 4.31 Å². The van der Waals surface area contributed by atoms with Gasteiger partial charge in [-0.25, -0.2) is 13.4 Å². The molecule has 0 fully saturated rings.